The van der Waals surface area contributed by atoms with Gasteiger partial charge >= 0.3 is 0 Å². The second-order valence-electron chi connectivity index (χ2n) is 7.74. The van der Waals surface area contributed by atoms with Gasteiger partial charge in [0.05, 0.1) is 0 Å². The first-order valence-corrected chi connectivity index (χ1v) is 10.0. The van der Waals surface area contributed by atoms with Crippen LogP contribution in [-0.2, 0) is 4.79 Å². The molecule has 3 rings (SSSR count). The predicted molar refractivity (Wildman–Crippen MR) is 102 cm³/mol. The third-order valence-corrected chi connectivity index (χ3v) is 5.54. The van der Waals surface area contributed by atoms with E-state index in [1.165, 1.54) is 12.0 Å². The summed E-state index contributed by atoms with van der Waals surface area (Å²) in [5.74, 6) is 1.32. The fourth-order valence-corrected chi connectivity index (χ4v) is 3.91. The lowest BCUT2D eigenvalue weighted by molar-refractivity contribution is -0.138. The molecule has 5 heteroatoms. The molecule has 0 radical (unpaired) electrons. The lowest BCUT2D eigenvalue weighted by atomic mass is 9.94. The van der Waals surface area contributed by atoms with Crippen LogP contribution in [0.4, 0.5) is 0 Å². The molecule has 0 aliphatic carbocycles. The molecule has 1 amide bonds. The van der Waals surface area contributed by atoms with Crippen molar-refractivity contribution in [2.45, 2.75) is 45.1 Å². The molecule has 1 N–H and O–H groups in total. The molecule has 26 heavy (non-hydrogen) atoms. The van der Waals surface area contributed by atoms with Gasteiger partial charge in [-0.2, -0.15) is 0 Å². The Morgan fingerprint density at radius 2 is 1.77 bits per heavy atom. The number of carbonyl (C=O) groups excluding carboxylic acids is 1. The summed E-state index contributed by atoms with van der Waals surface area (Å²) in [5, 5.41) is 10.3. The zero-order valence-electron chi connectivity index (χ0n) is 15.9. The van der Waals surface area contributed by atoms with Gasteiger partial charge < -0.3 is 19.6 Å². The number of likely N-dealkylation sites (tertiary alicyclic amines) is 2. The average Bonchev–Trinajstić information content (AvgIpc) is 2.68. The molecule has 2 heterocycles. The van der Waals surface area contributed by atoms with E-state index in [1.807, 2.05) is 31.2 Å². The Morgan fingerprint density at radius 3 is 2.42 bits per heavy atom. The predicted octanol–water partition coefficient (Wildman–Crippen LogP) is 2.46. The van der Waals surface area contributed by atoms with Gasteiger partial charge in [0.1, 0.15) is 18.5 Å². The minimum atomic E-state index is -0.509. The molecular formula is C21H32N2O3. The third kappa shape index (κ3) is 5.45. The molecule has 2 fully saturated rings. The first-order valence-electron chi connectivity index (χ1n) is 10.0. The maximum absolute atomic E-state index is 12.6. The van der Waals surface area contributed by atoms with Crippen LogP contribution in [0.2, 0.25) is 0 Å². The summed E-state index contributed by atoms with van der Waals surface area (Å²) in [7, 11) is 0. The summed E-state index contributed by atoms with van der Waals surface area (Å²) in [5.41, 5.74) is 1.19. The van der Waals surface area contributed by atoms with Crippen molar-refractivity contribution in [1.82, 2.24) is 9.80 Å². The molecule has 2 aliphatic rings. The van der Waals surface area contributed by atoms with Crippen LogP contribution in [0.15, 0.2) is 24.3 Å². The van der Waals surface area contributed by atoms with Crippen LogP contribution in [0.3, 0.4) is 0 Å². The molecule has 0 spiro atoms. The van der Waals surface area contributed by atoms with E-state index < -0.39 is 6.10 Å². The first-order chi connectivity index (χ1) is 12.6. The van der Waals surface area contributed by atoms with Gasteiger partial charge in [-0.25, -0.2) is 0 Å². The van der Waals surface area contributed by atoms with Crippen LogP contribution in [0.1, 0.15) is 37.7 Å². The number of β-amino-alcohol motifs (C(OH)–C–C–N with tert-alkyl or cyclic N) is 1. The van der Waals surface area contributed by atoms with Gasteiger partial charge in [-0.3, -0.25) is 4.79 Å². The number of nitrogens with zero attached hydrogens (tertiary/aromatic N) is 2. The standard InChI is InChI=1S/C21H32N2O3/c1-17-5-7-20(8-6-17)26-16-19(24)15-22-13-9-18(10-14-22)21(25)23-11-3-2-4-12-23/h5-8,18-19,24H,2-4,9-16H2,1H3. The Balaban J connectivity index is 1.36. The average molecular weight is 360 g/mol. The number of aliphatic hydroxyl groups excluding tert-OH is 1. The molecule has 2 aliphatic heterocycles. The second kappa shape index (κ2) is 9.38. The number of rotatable bonds is 6. The quantitative estimate of drug-likeness (QED) is 0.847. The maximum atomic E-state index is 12.6. The van der Waals surface area contributed by atoms with Gasteiger partial charge in [-0.05, 0) is 64.3 Å². The van der Waals surface area contributed by atoms with Crippen LogP contribution in [0, 0.1) is 12.8 Å². The van der Waals surface area contributed by atoms with Crippen molar-refractivity contribution in [3.63, 3.8) is 0 Å². The highest BCUT2D eigenvalue weighted by Gasteiger charge is 2.29. The smallest absolute Gasteiger partial charge is 0.225 e. The van der Waals surface area contributed by atoms with Crippen molar-refractivity contribution in [3.05, 3.63) is 29.8 Å². The Labute approximate surface area is 156 Å². The van der Waals surface area contributed by atoms with Crippen LogP contribution < -0.4 is 4.74 Å². The summed E-state index contributed by atoms with van der Waals surface area (Å²) < 4.78 is 5.67. The summed E-state index contributed by atoms with van der Waals surface area (Å²) >= 11 is 0. The molecule has 0 bridgehead atoms. The number of benzene rings is 1. The molecule has 1 aromatic carbocycles. The highest BCUT2D eigenvalue weighted by molar-refractivity contribution is 5.79. The molecule has 5 nitrogen and oxygen atoms in total. The van der Waals surface area contributed by atoms with E-state index in [2.05, 4.69) is 9.80 Å². The fraction of sp³-hybridized carbons (Fsp3) is 0.667. The number of aryl methyl sites for hydroxylation is 1. The van der Waals surface area contributed by atoms with E-state index in [0.29, 0.717) is 19.1 Å². The van der Waals surface area contributed by atoms with Gasteiger partial charge in [0.15, 0.2) is 0 Å². The van der Waals surface area contributed by atoms with Crippen molar-refractivity contribution >= 4 is 5.91 Å². The summed E-state index contributed by atoms with van der Waals surface area (Å²) in [6.45, 7) is 6.59. The van der Waals surface area contributed by atoms with E-state index >= 15 is 0 Å². The number of piperidine rings is 2. The number of aliphatic hydroxyl groups is 1. The molecule has 1 unspecified atom stereocenters. The normalized spacial score (nSPS) is 20.8. The second-order valence-corrected chi connectivity index (χ2v) is 7.74. The number of ether oxygens (including phenoxy) is 1. The topological polar surface area (TPSA) is 53.0 Å². The summed E-state index contributed by atoms with van der Waals surface area (Å²) in [6.07, 6.45) is 4.85. The van der Waals surface area contributed by atoms with E-state index in [1.54, 1.807) is 0 Å². The Hall–Kier alpha value is -1.59. The van der Waals surface area contributed by atoms with Crippen molar-refractivity contribution in [2.24, 2.45) is 5.92 Å². The zero-order chi connectivity index (χ0) is 18.4. The SMILES string of the molecule is Cc1ccc(OCC(O)CN2CCC(C(=O)N3CCCCC3)CC2)cc1. The van der Waals surface area contributed by atoms with Crippen molar-refractivity contribution < 1.29 is 14.6 Å². The highest BCUT2D eigenvalue weighted by Crippen LogP contribution is 2.22. The minimum absolute atomic E-state index is 0.172. The van der Waals surface area contributed by atoms with E-state index in [9.17, 15) is 9.90 Å². The number of hydrogen-bond acceptors (Lipinski definition) is 4. The van der Waals surface area contributed by atoms with E-state index in [0.717, 1.165) is 57.6 Å². The number of hydrogen-bond donors (Lipinski definition) is 1. The molecule has 0 saturated carbocycles. The maximum Gasteiger partial charge on any atom is 0.225 e. The summed E-state index contributed by atoms with van der Waals surface area (Å²) in [4.78, 5) is 16.9. The Kier molecular flexibility index (Phi) is 6.92. The number of amides is 1. The molecular weight excluding hydrogens is 328 g/mol. The molecule has 144 valence electrons. The zero-order valence-corrected chi connectivity index (χ0v) is 15.9. The molecule has 1 aromatic rings. The van der Waals surface area contributed by atoms with Gasteiger partial charge in [0.2, 0.25) is 5.91 Å². The van der Waals surface area contributed by atoms with Crippen molar-refractivity contribution in [2.75, 3.05) is 39.3 Å². The monoisotopic (exact) mass is 360 g/mol. The Morgan fingerprint density at radius 1 is 1.12 bits per heavy atom. The van der Waals surface area contributed by atoms with Crippen molar-refractivity contribution in [3.8, 4) is 5.75 Å². The van der Waals surface area contributed by atoms with Crippen LogP contribution in [0.25, 0.3) is 0 Å². The van der Waals surface area contributed by atoms with Gasteiger partial charge in [-0.15, -0.1) is 0 Å². The lowest BCUT2D eigenvalue weighted by Crippen LogP contribution is -2.46. The van der Waals surface area contributed by atoms with Gasteiger partial charge in [0.25, 0.3) is 0 Å². The molecule has 1 atom stereocenters. The molecule has 0 aromatic heterocycles. The molecule has 2 saturated heterocycles. The third-order valence-electron chi connectivity index (χ3n) is 5.54. The van der Waals surface area contributed by atoms with Crippen LogP contribution >= 0.6 is 0 Å². The van der Waals surface area contributed by atoms with Gasteiger partial charge in [0, 0.05) is 25.6 Å². The van der Waals surface area contributed by atoms with Crippen LogP contribution in [0.5, 0.6) is 5.75 Å². The fourth-order valence-electron chi connectivity index (χ4n) is 3.91. The minimum Gasteiger partial charge on any atom is -0.491 e. The Bertz CT molecular complexity index is 561. The first kappa shape index (κ1) is 19.2. The summed E-state index contributed by atoms with van der Waals surface area (Å²) in [6, 6.07) is 7.87. The largest absolute Gasteiger partial charge is 0.491 e. The number of carbonyl (C=O) groups is 1. The van der Waals surface area contributed by atoms with Crippen LogP contribution in [-0.4, -0.2) is 66.2 Å². The van der Waals surface area contributed by atoms with Crippen molar-refractivity contribution in [1.29, 1.82) is 0 Å². The van der Waals surface area contributed by atoms with E-state index in [4.69, 9.17) is 4.74 Å². The highest BCUT2D eigenvalue weighted by atomic mass is 16.5. The van der Waals surface area contributed by atoms with E-state index in [-0.39, 0.29) is 5.92 Å². The lowest BCUT2D eigenvalue weighted by Gasteiger charge is -2.36. The van der Waals surface area contributed by atoms with Gasteiger partial charge in [-0.1, -0.05) is 17.7 Å².